The van der Waals surface area contributed by atoms with Gasteiger partial charge in [-0.05, 0) is 45.9 Å². The van der Waals surface area contributed by atoms with Gasteiger partial charge in [-0.25, -0.2) is 8.91 Å². The van der Waals surface area contributed by atoms with Crippen LogP contribution in [0.1, 0.15) is 48.8 Å². The smallest absolute Gasteiger partial charge is 0.251 e. The van der Waals surface area contributed by atoms with Crippen LogP contribution in [-0.2, 0) is 5.41 Å². The van der Waals surface area contributed by atoms with Crippen molar-refractivity contribution in [1.29, 1.82) is 0 Å². The van der Waals surface area contributed by atoms with Crippen molar-refractivity contribution in [3.8, 4) is 0 Å². The first-order chi connectivity index (χ1) is 12.2. The zero-order valence-corrected chi connectivity index (χ0v) is 15.6. The summed E-state index contributed by atoms with van der Waals surface area (Å²) >= 11 is 0. The van der Waals surface area contributed by atoms with Crippen molar-refractivity contribution in [3.63, 3.8) is 0 Å². The molecule has 1 aromatic carbocycles. The number of aryl methyl sites for hydroxylation is 1. The highest BCUT2D eigenvalue weighted by Crippen LogP contribution is 2.39. The number of hydrogen-bond donors (Lipinski definition) is 2. The molecule has 26 heavy (non-hydrogen) atoms. The average Bonchev–Trinajstić information content (AvgIpc) is 3.17. The molecule has 7 heteroatoms. The van der Waals surface area contributed by atoms with Crippen LogP contribution in [-0.4, -0.2) is 44.5 Å². The van der Waals surface area contributed by atoms with Gasteiger partial charge >= 0.3 is 0 Å². The van der Waals surface area contributed by atoms with Gasteiger partial charge in [0.05, 0.1) is 16.8 Å². The first-order valence-corrected chi connectivity index (χ1v) is 8.96. The summed E-state index contributed by atoms with van der Waals surface area (Å²) in [4.78, 5) is 17.6. The SMILES string of the molecule is Cc1nn2c([nH]c3cc(F)cc(C(N)=O)c32)c1C1(C)CCN(C(C)C)C1. The fraction of sp³-hybridized carbons (Fsp3) is 0.474. The standard InChI is InChI=1S/C19H24FN5O/c1-10(2)24-6-5-19(4,9-24)15-11(3)23-25-16-13(17(21)26)7-12(20)8-14(16)22-18(15)25/h7-8,10,22H,5-6,9H2,1-4H3,(H2,21,26). The molecule has 2 aromatic heterocycles. The summed E-state index contributed by atoms with van der Waals surface area (Å²) in [5.74, 6) is -1.16. The van der Waals surface area contributed by atoms with Crippen molar-refractivity contribution >= 4 is 22.6 Å². The number of primary amides is 1. The molecule has 1 fully saturated rings. The van der Waals surface area contributed by atoms with Gasteiger partial charge in [-0.3, -0.25) is 4.79 Å². The number of benzene rings is 1. The molecule has 3 heterocycles. The van der Waals surface area contributed by atoms with Crippen LogP contribution in [0, 0.1) is 12.7 Å². The highest BCUT2D eigenvalue weighted by molar-refractivity contribution is 6.05. The molecule has 6 nitrogen and oxygen atoms in total. The predicted octanol–water partition coefficient (Wildman–Crippen LogP) is 2.73. The Labute approximate surface area is 151 Å². The second-order valence-corrected chi connectivity index (χ2v) is 7.93. The monoisotopic (exact) mass is 357 g/mol. The van der Waals surface area contributed by atoms with Gasteiger partial charge in [0.2, 0.25) is 0 Å². The number of nitrogens with two attached hydrogens (primary N) is 1. The van der Waals surface area contributed by atoms with Gasteiger partial charge in [0.25, 0.3) is 5.91 Å². The fourth-order valence-corrected chi connectivity index (χ4v) is 4.41. The first kappa shape index (κ1) is 17.0. The van der Waals surface area contributed by atoms with E-state index < -0.39 is 11.7 Å². The molecule has 1 aliphatic rings. The molecule has 138 valence electrons. The summed E-state index contributed by atoms with van der Waals surface area (Å²) in [6, 6.07) is 3.04. The zero-order valence-electron chi connectivity index (χ0n) is 15.6. The third-order valence-electron chi connectivity index (χ3n) is 5.70. The topological polar surface area (TPSA) is 79.4 Å². The molecule has 1 aliphatic heterocycles. The molecule has 1 unspecified atom stereocenters. The largest absolute Gasteiger partial charge is 0.366 e. The highest BCUT2D eigenvalue weighted by Gasteiger charge is 2.40. The second kappa shape index (κ2) is 5.54. The molecule has 1 amide bonds. The van der Waals surface area contributed by atoms with Crippen molar-refractivity contribution in [2.24, 2.45) is 5.73 Å². The van der Waals surface area contributed by atoms with Gasteiger partial charge < -0.3 is 15.6 Å². The molecule has 1 saturated heterocycles. The Balaban J connectivity index is 1.97. The van der Waals surface area contributed by atoms with Crippen LogP contribution in [0.25, 0.3) is 16.7 Å². The van der Waals surface area contributed by atoms with Gasteiger partial charge in [0.15, 0.2) is 0 Å². The summed E-state index contributed by atoms with van der Waals surface area (Å²) < 4.78 is 15.6. The molecule has 0 saturated carbocycles. The minimum atomic E-state index is -0.664. The number of likely N-dealkylation sites (tertiary alicyclic amines) is 1. The van der Waals surface area contributed by atoms with E-state index in [4.69, 9.17) is 5.73 Å². The number of carbonyl (C=O) groups excluding carboxylic acids is 1. The Morgan fingerprint density at radius 1 is 1.42 bits per heavy atom. The third kappa shape index (κ3) is 2.34. The lowest BCUT2D eigenvalue weighted by Gasteiger charge is -2.26. The van der Waals surface area contributed by atoms with E-state index in [0.29, 0.717) is 17.1 Å². The number of carbonyl (C=O) groups is 1. The van der Waals surface area contributed by atoms with Crippen molar-refractivity contribution in [1.82, 2.24) is 19.5 Å². The third-order valence-corrected chi connectivity index (χ3v) is 5.70. The van der Waals surface area contributed by atoms with E-state index >= 15 is 0 Å². The van der Waals surface area contributed by atoms with Gasteiger partial charge in [0, 0.05) is 23.6 Å². The van der Waals surface area contributed by atoms with Crippen LogP contribution >= 0.6 is 0 Å². The Hall–Kier alpha value is -2.41. The number of aromatic nitrogens is 3. The lowest BCUT2D eigenvalue weighted by molar-refractivity contribution is 0.100. The number of fused-ring (bicyclic) bond motifs is 3. The van der Waals surface area contributed by atoms with E-state index in [1.165, 1.54) is 12.1 Å². The van der Waals surface area contributed by atoms with Crippen molar-refractivity contribution in [2.45, 2.75) is 45.6 Å². The Morgan fingerprint density at radius 2 is 2.15 bits per heavy atom. The summed E-state index contributed by atoms with van der Waals surface area (Å²) in [6.07, 6.45) is 1.03. The zero-order chi connectivity index (χ0) is 18.8. The number of halogens is 1. The average molecular weight is 357 g/mol. The fourth-order valence-electron chi connectivity index (χ4n) is 4.41. The maximum atomic E-state index is 13.9. The summed E-state index contributed by atoms with van der Waals surface area (Å²) in [7, 11) is 0. The summed E-state index contributed by atoms with van der Waals surface area (Å²) in [6.45, 7) is 10.6. The molecule has 0 spiro atoms. The Bertz CT molecular complexity index is 1030. The molecule has 0 radical (unpaired) electrons. The number of imidazole rings is 1. The normalized spacial score (nSPS) is 21.5. The van der Waals surface area contributed by atoms with Crippen LogP contribution < -0.4 is 5.73 Å². The number of hydrogen-bond acceptors (Lipinski definition) is 3. The molecule has 3 aromatic rings. The van der Waals surface area contributed by atoms with E-state index in [9.17, 15) is 9.18 Å². The summed E-state index contributed by atoms with van der Waals surface area (Å²) in [5, 5.41) is 4.67. The lowest BCUT2D eigenvalue weighted by Crippen LogP contribution is -2.33. The minimum Gasteiger partial charge on any atom is -0.366 e. The number of nitrogens with zero attached hydrogens (tertiary/aromatic N) is 3. The first-order valence-electron chi connectivity index (χ1n) is 8.96. The molecule has 4 rings (SSSR count). The number of nitrogens with one attached hydrogen (secondary N) is 1. The van der Waals surface area contributed by atoms with Crippen LogP contribution in [0.3, 0.4) is 0 Å². The second-order valence-electron chi connectivity index (χ2n) is 7.93. The molecule has 0 aliphatic carbocycles. The molecular weight excluding hydrogens is 333 g/mol. The van der Waals surface area contributed by atoms with E-state index in [1.807, 2.05) is 6.92 Å². The van der Waals surface area contributed by atoms with Gasteiger partial charge in [0.1, 0.15) is 17.0 Å². The van der Waals surface area contributed by atoms with Gasteiger partial charge in [-0.1, -0.05) is 6.92 Å². The number of amides is 1. The van der Waals surface area contributed by atoms with Gasteiger partial charge in [-0.2, -0.15) is 5.10 Å². The number of rotatable bonds is 3. The maximum absolute atomic E-state index is 13.9. The number of aromatic amines is 1. The van der Waals surface area contributed by atoms with Crippen LogP contribution in [0.15, 0.2) is 12.1 Å². The van der Waals surface area contributed by atoms with E-state index in [2.05, 4.69) is 35.8 Å². The van der Waals surface area contributed by atoms with Crippen LogP contribution in [0.5, 0.6) is 0 Å². The minimum absolute atomic E-state index is 0.0532. The van der Waals surface area contributed by atoms with Crippen molar-refractivity contribution in [2.75, 3.05) is 13.1 Å². The lowest BCUT2D eigenvalue weighted by atomic mass is 9.81. The van der Waals surface area contributed by atoms with E-state index in [0.717, 1.165) is 36.4 Å². The number of H-pyrrole nitrogens is 1. The van der Waals surface area contributed by atoms with E-state index in [-0.39, 0.29) is 11.0 Å². The highest BCUT2D eigenvalue weighted by atomic mass is 19.1. The van der Waals surface area contributed by atoms with Crippen molar-refractivity contribution < 1.29 is 9.18 Å². The van der Waals surface area contributed by atoms with E-state index in [1.54, 1.807) is 4.52 Å². The quantitative estimate of drug-likeness (QED) is 0.756. The van der Waals surface area contributed by atoms with Crippen LogP contribution in [0.2, 0.25) is 0 Å². The molecular formula is C19H24FN5O. The Morgan fingerprint density at radius 3 is 2.77 bits per heavy atom. The van der Waals surface area contributed by atoms with Gasteiger partial charge in [-0.15, -0.1) is 0 Å². The molecule has 3 N–H and O–H groups in total. The summed E-state index contributed by atoms with van der Waals surface area (Å²) in [5.41, 5.74) is 9.50. The predicted molar refractivity (Wildman–Crippen MR) is 98.9 cm³/mol. The van der Waals surface area contributed by atoms with Crippen LogP contribution in [0.4, 0.5) is 4.39 Å². The molecule has 0 bridgehead atoms. The molecule has 1 atom stereocenters. The maximum Gasteiger partial charge on any atom is 0.251 e. The Kier molecular flexibility index (Phi) is 3.63. The van der Waals surface area contributed by atoms with Crippen molar-refractivity contribution in [3.05, 3.63) is 34.8 Å².